The van der Waals surface area contributed by atoms with Gasteiger partial charge in [0.05, 0.1) is 10.9 Å². The Bertz CT molecular complexity index is 1210. The van der Waals surface area contributed by atoms with Crippen molar-refractivity contribution in [2.24, 2.45) is 0 Å². The van der Waals surface area contributed by atoms with Crippen molar-refractivity contribution < 1.29 is 14.0 Å². The molecule has 1 saturated heterocycles. The fraction of sp³-hybridized carbons (Fsp3) is 0.292. The number of nitrogens with zero attached hydrogens (tertiary/aromatic N) is 1. The molecule has 3 aromatic rings. The Morgan fingerprint density at radius 2 is 1.80 bits per heavy atom. The quantitative estimate of drug-likeness (QED) is 0.726. The smallest absolute Gasteiger partial charge is 0.255 e. The molecular weight excluding hydrogens is 380 g/mol. The molecule has 2 heterocycles. The van der Waals surface area contributed by atoms with Gasteiger partial charge in [0.1, 0.15) is 11.8 Å². The lowest BCUT2D eigenvalue weighted by Gasteiger charge is -2.16. The second-order valence-electron chi connectivity index (χ2n) is 8.01. The number of hydrogen-bond acceptors (Lipinski definition) is 4. The summed E-state index contributed by atoms with van der Waals surface area (Å²) in [6.45, 7) is 2.40. The minimum absolute atomic E-state index is 0.0200. The topological polar surface area (TPSA) is 79.6 Å². The van der Waals surface area contributed by atoms with Crippen LogP contribution in [0.25, 0.3) is 22.3 Å². The average Bonchev–Trinajstić information content (AvgIpc) is 3.55. The maximum absolute atomic E-state index is 13.1. The van der Waals surface area contributed by atoms with E-state index in [1.807, 2.05) is 35.2 Å². The molecule has 2 amide bonds. The molecule has 1 aromatic heterocycles. The number of nitrogens with one attached hydrogen (secondary N) is 1. The Kier molecular flexibility index (Phi) is 4.42. The summed E-state index contributed by atoms with van der Waals surface area (Å²) in [7, 11) is 0. The normalized spacial score (nSPS) is 18.8. The van der Waals surface area contributed by atoms with Crippen LogP contribution in [0.15, 0.2) is 57.7 Å². The highest BCUT2D eigenvalue weighted by atomic mass is 16.3. The summed E-state index contributed by atoms with van der Waals surface area (Å²) in [6.07, 6.45) is 2.69. The maximum Gasteiger partial charge on any atom is 0.255 e. The zero-order valence-corrected chi connectivity index (χ0v) is 16.7. The van der Waals surface area contributed by atoms with E-state index in [2.05, 4.69) is 5.32 Å². The fourth-order valence-electron chi connectivity index (χ4n) is 4.17. The summed E-state index contributed by atoms with van der Waals surface area (Å²) in [4.78, 5) is 40.5. The molecule has 1 aliphatic carbocycles. The number of hydrogen-bond donors (Lipinski definition) is 1. The van der Waals surface area contributed by atoms with Crippen LogP contribution in [0.2, 0.25) is 0 Å². The van der Waals surface area contributed by atoms with Gasteiger partial charge in [0.25, 0.3) is 5.91 Å². The maximum atomic E-state index is 13.1. The van der Waals surface area contributed by atoms with Gasteiger partial charge in [-0.05, 0) is 38.3 Å². The first kappa shape index (κ1) is 18.6. The SMILES string of the molecule is Cc1c(-c2ccccc2)oc2c(C(=O)NC3CCN(C4CC4)C3=O)cccc2c1=O. The van der Waals surface area contributed by atoms with Crippen molar-refractivity contribution in [1.29, 1.82) is 0 Å². The van der Waals surface area contributed by atoms with Crippen LogP contribution in [0.1, 0.15) is 35.2 Å². The molecule has 1 saturated carbocycles. The number of carbonyl (C=O) groups excluding carboxylic acids is 2. The Labute approximate surface area is 173 Å². The summed E-state index contributed by atoms with van der Waals surface area (Å²) < 4.78 is 6.12. The lowest BCUT2D eigenvalue weighted by Crippen LogP contribution is -2.42. The molecule has 2 aromatic carbocycles. The van der Waals surface area contributed by atoms with Crippen molar-refractivity contribution in [3.63, 3.8) is 0 Å². The number of carbonyl (C=O) groups is 2. The molecule has 30 heavy (non-hydrogen) atoms. The summed E-state index contributed by atoms with van der Waals surface area (Å²) in [5, 5.41) is 3.21. The minimum atomic E-state index is -0.529. The molecule has 6 heteroatoms. The van der Waals surface area contributed by atoms with Gasteiger partial charge in [-0.1, -0.05) is 36.4 Å². The molecule has 5 rings (SSSR count). The van der Waals surface area contributed by atoms with E-state index in [1.54, 1.807) is 25.1 Å². The highest BCUT2D eigenvalue weighted by molar-refractivity contribution is 6.06. The third-order valence-electron chi connectivity index (χ3n) is 5.96. The van der Waals surface area contributed by atoms with Crippen molar-refractivity contribution in [2.45, 2.75) is 38.3 Å². The Morgan fingerprint density at radius 1 is 1.03 bits per heavy atom. The van der Waals surface area contributed by atoms with E-state index in [1.165, 1.54) is 0 Å². The summed E-state index contributed by atoms with van der Waals surface area (Å²) in [5.74, 6) is 0.0289. The van der Waals surface area contributed by atoms with Crippen LogP contribution in [-0.4, -0.2) is 35.3 Å². The number of benzene rings is 2. The van der Waals surface area contributed by atoms with Crippen LogP contribution in [0.3, 0.4) is 0 Å². The number of amides is 2. The first-order valence-corrected chi connectivity index (χ1v) is 10.3. The fourth-order valence-corrected chi connectivity index (χ4v) is 4.17. The van der Waals surface area contributed by atoms with Crippen LogP contribution < -0.4 is 10.7 Å². The summed E-state index contributed by atoms with van der Waals surface area (Å²) >= 11 is 0. The largest absolute Gasteiger partial charge is 0.455 e. The van der Waals surface area contributed by atoms with Gasteiger partial charge in [0.15, 0.2) is 11.0 Å². The van der Waals surface area contributed by atoms with Crippen LogP contribution in [-0.2, 0) is 4.79 Å². The third-order valence-corrected chi connectivity index (χ3v) is 5.96. The lowest BCUT2D eigenvalue weighted by atomic mass is 10.0. The number of fused-ring (bicyclic) bond motifs is 1. The molecule has 6 nitrogen and oxygen atoms in total. The van der Waals surface area contributed by atoms with Crippen LogP contribution in [0.4, 0.5) is 0 Å². The molecule has 2 fully saturated rings. The van der Waals surface area contributed by atoms with Crippen molar-refractivity contribution >= 4 is 22.8 Å². The summed E-state index contributed by atoms with van der Waals surface area (Å²) in [6, 6.07) is 14.1. The highest BCUT2D eigenvalue weighted by Gasteiger charge is 2.41. The van der Waals surface area contributed by atoms with Gasteiger partial charge in [0.2, 0.25) is 5.91 Å². The number of para-hydroxylation sites is 1. The van der Waals surface area contributed by atoms with Crippen molar-refractivity contribution in [3.8, 4) is 11.3 Å². The van der Waals surface area contributed by atoms with E-state index in [9.17, 15) is 14.4 Å². The molecule has 0 radical (unpaired) electrons. The van der Waals surface area contributed by atoms with Gasteiger partial charge in [-0.2, -0.15) is 0 Å². The summed E-state index contributed by atoms with van der Waals surface area (Å²) in [5.41, 5.74) is 1.61. The molecule has 0 spiro atoms. The van der Waals surface area contributed by atoms with Crippen molar-refractivity contribution in [3.05, 3.63) is 69.9 Å². The van der Waals surface area contributed by atoms with Gasteiger partial charge in [-0.3, -0.25) is 14.4 Å². The second kappa shape index (κ2) is 7.13. The standard InChI is InChI=1S/C24H22N2O4/c1-14-20(27)17-8-5-9-18(22(17)30-21(14)15-6-3-2-4-7-15)23(28)25-19-12-13-26(24(19)29)16-10-11-16/h2-9,16,19H,10-13H2,1H3,(H,25,28). The average molecular weight is 402 g/mol. The number of rotatable bonds is 4. The number of likely N-dealkylation sites (tertiary alicyclic amines) is 1. The molecule has 2 aliphatic rings. The van der Waals surface area contributed by atoms with E-state index in [4.69, 9.17) is 4.42 Å². The van der Waals surface area contributed by atoms with Crippen LogP contribution in [0, 0.1) is 6.92 Å². The first-order valence-electron chi connectivity index (χ1n) is 10.3. The molecule has 152 valence electrons. The zero-order chi connectivity index (χ0) is 20.8. The van der Waals surface area contributed by atoms with Gasteiger partial charge >= 0.3 is 0 Å². The molecule has 1 N–H and O–H groups in total. The Hall–Kier alpha value is -3.41. The Balaban J connectivity index is 1.53. The predicted molar refractivity (Wildman–Crippen MR) is 113 cm³/mol. The van der Waals surface area contributed by atoms with Gasteiger partial charge in [-0.25, -0.2) is 0 Å². The van der Waals surface area contributed by atoms with Crippen LogP contribution >= 0.6 is 0 Å². The minimum Gasteiger partial charge on any atom is -0.455 e. The van der Waals surface area contributed by atoms with Crippen molar-refractivity contribution in [2.75, 3.05) is 6.54 Å². The molecule has 1 aliphatic heterocycles. The predicted octanol–water partition coefficient (Wildman–Crippen LogP) is 3.26. The van der Waals surface area contributed by atoms with Gasteiger partial charge < -0.3 is 14.6 Å². The second-order valence-corrected chi connectivity index (χ2v) is 8.01. The van der Waals surface area contributed by atoms with Crippen molar-refractivity contribution in [1.82, 2.24) is 10.2 Å². The molecule has 1 unspecified atom stereocenters. The lowest BCUT2D eigenvalue weighted by molar-refractivity contribution is -0.129. The molecule has 1 atom stereocenters. The Morgan fingerprint density at radius 3 is 2.53 bits per heavy atom. The molecular formula is C24H22N2O4. The zero-order valence-electron chi connectivity index (χ0n) is 16.7. The van der Waals surface area contributed by atoms with E-state index in [0.717, 1.165) is 18.4 Å². The molecule has 0 bridgehead atoms. The first-order chi connectivity index (χ1) is 14.5. The van der Waals surface area contributed by atoms with Gasteiger partial charge in [-0.15, -0.1) is 0 Å². The van der Waals surface area contributed by atoms with E-state index in [-0.39, 0.29) is 22.5 Å². The van der Waals surface area contributed by atoms with Gasteiger partial charge in [0, 0.05) is 23.7 Å². The van der Waals surface area contributed by atoms with E-state index in [0.29, 0.717) is 35.7 Å². The van der Waals surface area contributed by atoms with E-state index >= 15 is 0 Å². The third kappa shape index (κ3) is 3.09. The van der Waals surface area contributed by atoms with E-state index < -0.39 is 11.9 Å². The highest BCUT2D eigenvalue weighted by Crippen LogP contribution is 2.31. The monoisotopic (exact) mass is 402 g/mol. The van der Waals surface area contributed by atoms with Crippen LogP contribution in [0.5, 0.6) is 0 Å².